The predicted molar refractivity (Wildman–Crippen MR) is 110 cm³/mol. The van der Waals surface area contributed by atoms with Gasteiger partial charge in [-0.3, -0.25) is 4.98 Å². The van der Waals surface area contributed by atoms with E-state index >= 15 is 0 Å². The molecule has 0 radical (unpaired) electrons. The van der Waals surface area contributed by atoms with Crippen molar-refractivity contribution in [1.82, 2.24) is 20.0 Å². The van der Waals surface area contributed by atoms with Gasteiger partial charge in [0.25, 0.3) is 0 Å². The van der Waals surface area contributed by atoms with Crippen LogP contribution in [-0.2, 0) is 0 Å². The lowest BCUT2D eigenvalue weighted by Gasteiger charge is -2.20. The molecule has 2 heterocycles. The van der Waals surface area contributed by atoms with Gasteiger partial charge in [0.15, 0.2) is 0 Å². The first-order valence-electron chi connectivity index (χ1n) is 9.94. The van der Waals surface area contributed by atoms with E-state index in [0.717, 1.165) is 47.6 Å². The Bertz CT molecular complexity index is 952. The van der Waals surface area contributed by atoms with Crippen molar-refractivity contribution < 1.29 is 0 Å². The Morgan fingerprint density at radius 1 is 1.26 bits per heavy atom. The number of fused-ring (bicyclic) bond motifs is 1. The Labute approximate surface area is 161 Å². The van der Waals surface area contributed by atoms with Gasteiger partial charge in [-0.25, -0.2) is 4.68 Å². The molecule has 0 saturated heterocycles. The van der Waals surface area contributed by atoms with Gasteiger partial charge in [0, 0.05) is 11.6 Å². The number of benzene rings is 1. The summed E-state index contributed by atoms with van der Waals surface area (Å²) in [7, 11) is 0. The Morgan fingerprint density at radius 2 is 2.04 bits per heavy atom. The van der Waals surface area contributed by atoms with Crippen LogP contribution >= 0.6 is 0 Å². The van der Waals surface area contributed by atoms with E-state index in [2.05, 4.69) is 49.8 Å². The third-order valence-electron chi connectivity index (χ3n) is 6.03. The van der Waals surface area contributed by atoms with Crippen molar-refractivity contribution in [1.29, 1.82) is 0 Å². The molecule has 140 valence electrons. The average molecular weight is 361 g/mol. The van der Waals surface area contributed by atoms with Gasteiger partial charge < -0.3 is 0 Å². The molecule has 2 atom stereocenters. The van der Waals surface area contributed by atoms with Crippen LogP contribution in [0.5, 0.6) is 0 Å². The van der Waals surface area contributed by atoms with E-state index in [4.69, 9.17) is 4.98 Å². The molecule has 0 bridgehead atoms. The molecule has 2 unspecified atom stereocenters. The van der Waals surface area contributed by atoms with Crippen LogP contribution in [-0.4, -0.2) is 20.0 Å². The van der Waals surface area contributed by atoms with Crippen molar-refractivity contribution in [2.75, 3.05) is 0 Å². The van der Waals surface area contributed by atoms with Crippen molar-refractivity contribution in [3.63, 3.8) is 0 Å². The minimum atomic E-state index is 0.346. The Morgan fingerprint density at radius 3 is 2.70 bits per heavy atom. The van der Waals surface area contributed by atoms with Gasteiger partial charge in [-0.15, -0.1) is 5.10 Å². The zero-order valence-electron chi connectivity index (χ0n) is 16.5. The number of rotatable bonds is 7. The lowest BCUT2D eigenvalue weighted by atomic mass is 9.86. The molecule has 27 heavy (non-hydrogen) atoms. The van der Waals surface area contributed by atoms with Gasteiger partial charge in [-0.05, 0) is 54.9 Å². The van der Waals surface area contributed by atoms with Crippen molar-refractivity contribution in [2.24, 2.45) is 11.3 Å². The fourth-order valence-corrected chi connectivity index (χ4v) is 4.04. The van der Waals surface area contributed by atoms with Gasteiger partial charge in [0.2, 0.25) is 0 Å². The third kappa shape index (κ3) is 3.53. The monoisotopic (exact) mass is 360 g/mol. The summed E-state index contributed by atoms with van der Waals surface area (Å²) in [5.41, 5.74) is 5.75. The number of pyridine rings is 1. The first-order valence-corrected chi connectivity index (χ1v) is 9.94. The summed E-state index contributed by atoms with van der Waals surface area (Å²) in [4.78, 5) is 4.82. The third-order valence-corrected chi connectivity index (χ3v) is 6.03. The Balaban J connectivity index is 1.61. The molecule has 4 heteroatoms. The van der Waals surface area contributed by atoms with E-state index in [1.54, 1.807) is 0 Å². The second-order valence-electron chi connectivity index (χ2n) is 8.52. The van der Waals surface area contributed by atoms with E-state index in [0.29, 0.717) is 11.3 Å². The molecule has 2 aromatic heterocycles. The number of hydrogen-bond acceptors (Lipinski definition) is 3. The highest BCUT2D eigenvalue weighted by molar-refractivity contribution is 5.75. The van der Waals surface area contributed by atoms with Crippen LogP contribution < -0.4 is 0 Å². The second kappa shape index (κ2) is 6.91. The lowest BCUT2D eigenvalue weighted by molar-refractivity contribution is 0.498. The summed E-state index contributed by atoms with van der Waals surface area (Å²) >= 11 is 0. The molecule has 0 aliphatic heterocycles. The van der Waals surface area contributed by atoms with Crippen LogP contribution in [0.15, 0.2) is 54.7 Å². The number of aromatic nitrogens is 4. The maximum Gasteiger partial charge on any atom is 0.113 e. The quantitative estimate of drug-likeness (QED) is 0.508. The molecule has 0 N–H and O–H groups in total. The van der Waals surface area contributed by atoms with E-state index in [-0.39, 0.29) is 0 Å². The molecule has 3 aromatic rings. The maximum atomic E-state index is 4.82. The van der Waals surface area contributed by atoms with Crippen LogP contribution in [0, 0.1) is 11.3 Å². The molecular formula is C23H28N4. The minimum absolute atomic E-state index is 0.346. The molecule has 4 nitrogen and oxygen atoms in total. The summed E-state index contributed by atoms with van der Waals surface area (Å²) in [6, 6.07) is 12.2. The average Bonchev–Trinajstić information content (AvgIpc) is 3.07. The number of hydrogen-bond donors (Lipinski definition) is 0. The Kier molecular flexibility index (Phi) is 4.58. The normalized spacial score (nSPS) is 19.1. The van der Waals surface area contributed by atoms with Gasteiger partial charge >= 0.3 is 0 Å². The van der Waals surface area contributed by atoms with Crippen molar-refractivity contribution in [2.45, 2.75) is 52.4 Å². The first kappa shape index (κ1) is 17.9. The smallest absolute Gasteiger partial charge is 0.113 e. The summed E-state index contributed by atoms with van der Waals surface area (Å²) < 4.78 is 1.85. The predicted octanol–water partition coefficient (Wildman–Crippen LogP) is 5.69. The molecule has 1 fully saturated rings. The van der Waals surface area contributed by atoms with Gasteiger partial charge in [0.05, 0.1) is 17.4 Å². The molecule has 1 aromatic carbocycles. The zero-order valence-corrected chi connectivity index (χ0v) is 16.5. The second-order valence-corrected chi connectivity index (χ2v) is 8.52. The molecule has 1 aliphatic carbocycles. The van der Waals surface area contributed by atoms with Crippen LogP contribution in [0.4, 0.5) is 0 Å². The largest absolute Gasteiger partial charge is 0.258 e. The topological polar surface area (TPSA) is 43.6 Å². The van der Waals surface area contributed by atoms with E-state index in [9.17, 15) is 0 Å². The summed E-state index contributed by atoms with van der Waals surface area (Å²) in [6.45, 7) is 11.3. The summed E-state index contributed by atoms with van der Waals surface area (Å²) in [5.74, 6) is 1.12. The van der Waals surface area contributed by atoms with Gasteiger partial charge in [-0.2, -0.15) is 0 Å². The molecular weight excluding hydrogens is 332 g/mol. The molecule has 0 amide bonds. The van der Waals surface area contributed by atoms with E-state index in [1.807, 2.05) is 35.1 Å². The minimum Gasteiger partial charge on any atom is -0.258 e. The van der Waals surface area contributed by atoms with Crippen LogP contribution in [0.1, 0.15) is 58.1 Å². The summed E-state index contributed by atoms with van der Waals surface area (Å²) in [5, 5.41) is 8.53. The summed E-state index contributed by atoms with van der Waals surface area (Å²) in [6.07, 6.45) is 6.58. The van der Waals surface area contributed by atoms with Gasteiger partial charge in [-0.1, -0.05) is 56.7 Å². The van der Waals surface area contributed by atoms with Crippen LogP contribution in [0.2, 0.25) is 0 Å². The maximum absolute atomic E-state index is 4.82. The number of para-hydroxylation sites is 1. The van der Waals surface area contributed by atoms with Gasteiger partial charge in [0.1, 0.15) is 5.52 Å². The van der Waals surface area contributed by atoms with E-state index in [1.165, 1.54) is 12.0 Å². The van der Waals surface area contributed by atoms with Crippen molar-refractivity contribution in [3.05, 3.63) is 60.4 Å². The number of nitrogens with zero attached hydrogens (tertiary/aromatic N) is 4. The standard InChI is InChI=1S/C23H28N4/c1-5-8-16(2)19(13-17-14-23(17,3)4)20-12-11-18(15-24-20)27-22-10-7-6-9-21(22)25-26-27/h6-7,9-12,15,17,19H,2,5,8,13-14H2,1,3-4H3. The van der Waals surface area contributed by atoms with Crippen LogP contribution in [0.3, 0.4) is 0 Å². The number of allylic oxidation sites excluding steroid dienone is 1. The fourth-order valence-electron chi connectivity index (χ4n) is 4.04. The van der Waals surface area contributed by atoms with Crippen molar-refractivity contribution in [3.8, 4) is 5.69 Å². The molecule has 0 spiro atoms. The SMILES string of the molecule is C=C(CCC)C(CC1CC1(C)C)c1ccc(-n2nnc3ccccc32)cn1. The molecule has 1 saturated carbocycles. The molecule has 4 rings (SSSR count). The van der Waals surface area contributed by atoms with Crippen molar-refractivity contribution >= 4 is 11.0 Å². The Hall–Kier alpha value is -2.49. The highest BCUT2D eigenvalue weighted by Crippen LogP contribution is 2.56. The fraction of sp³-hybridized carbons (Fsp3) is 0.435. The lowest BCUT2D eigenvalue weighted by Crippen LogP contribution is -2.08. The first-order chi connectivity index (χ1) is 13.0. The zero-order chi connectivity index (χ0) is 19.0. The molecule has 1 aliphatic rings. The highest BCUT2D eigenvalue weighted by Gasteiger charge is 2.46. The highest BCUT2D eigenvalue weighted by atomic mass is 15.4. The van der Waals surface area contributed by atoms with E-state index < -0.39 is 0 Å². The van der Waals surface area contributed by atoms with Crippen LogP contribution in [0.25, 0.3) is 16.7 Å².